The number of benzene rings is 5. The van der Waals surface area contributed by atoms with Gasteiger partial charge in [0.05, 0.1) is 16.6 Å². The van der Waals surface area contributed by atoms with Gasteiger partial charge in [0.1, 0.15) is 17.0 Å². The van der Waals surface area contributed by atoms with Crippen molar-refractivity contribution < 1.29 is 4.42 Å². The molecule has 5 aromatic carbocycles. The number of hydrogen-bond acceptors (Lipinski definition) is 4. The Morgan fingerprint density at radius 3 is 2.15 bits per heavy atom. The summed E-state index contributed by atoms with van der Waals surface area (Å²) in [7, 11) is 0. The van der Waals surface area contributed by atoms with Crippen molar-refractivity contribution in [3.8, 4) is 39.6 Å². The second kappa shape index (κ2) is 9.03. The number of fused-ring (bicyclic) bond motifs is 4. The Kier molecular flexibility index (Phi) is 5.07. The Balaban J connectivity index is 1.21. The molecule has 40 heavy (non-hydrogen) atoms. The van der Waals surface area contributed by atoms with Crippen molar-refractivity contribution in [1.29, 1.82) is 0 Å². The van der Waals surface area contributed by atoms with Crippen molar-refractivity contribution in [2.24, 2.45) is 0 Å². The van der Waals surface area contributed by atoms with E-state index in [0.29, 0.717) is 5.82 Å². The zero-order valence-corrected chi connectivity index (χ0v) is 21.4. The molecule has 0 fully saturated rings. The molecule has 0 aliphatic rings. The molecule has 0 atom stereocenters. The maximum atomic E-state index is 6.30. The van der Waals surface area contributed by atoms with Crippen LogP contribution < -0.4 is 0 Å². The van der Waals surface area contributed by atoms with E-state index in [4.69, 9.17) is 19.4 Å². The fourth-order valence-electron chi connectivity index (χ4n) is 5.47. The predicted octanol–water partition coefficient (Wildman–Crippen LogP) is 8.72. The predicted molar refractivity (Wildman–Crippen MR) is 160 cm³/mol. The van der Waals surface area contributed by atoms with Gasteiger partial charge in [-0.05, 0) is 53.6 Å². The van der Waals surface area contributed by atoms with Gasteiger partial charge < -0.3 is 4.42 Å². The van der Waals surface area contributed by atoms with Crippen molar-refractivity contribution in [3.05, 3.63) is 134 Å². The zero-order valence-electron chi connectivity index (χ0n) is 21.4. The first kappa shape index (κ1) is 22.4. The zero-order chi connectivity index (χ0) is 26.5. The van der Waals surface area contributed by atoms with Crippen LogP contribution in [0, 0.1) is 0 Å². The highest BCUT2D eigenvalue weighted by Gasteiger charge is 2.17. The third kappa shape index (κ3) is 3.60. The summed E-state index contributed by atoms with van der Waals surface area (Å²) in [5.41, 5.74) is 8.76. The molecule has 0 saturated heterocycles. The minimum absolute atomic E-state index is 0.636. The molecular weight excluding hydrogens is 492 g/mol. The first-order chi connectivity index (χ1) is 19.8. The summed E-state index contributed by atoms with van der Waals surface area (Å²) in [6, 6.07) is 41.2. The van der Waals surface area contributed by atoms with Crippen molar-refractivity contribution in [3.63, 3.8) is 0 Å². The molecule has 0 unspecified atom stereocenters. The van der Waals surface area contributed by atoms with Gasteiger partial charge >= 0.3 is 0 Å². The van der Waals surface area contributed by atoms with Crippen LogP contribution >= 0.6 is 0 Å². The molecule has 188 valence electrons. The normalized spacial score (nSPS) is 11.5. The number of hydrogen-bond donors (Lipinski definition) is 0. The van der Waals surface area contributed by atoms with Crippen LogP contribution in [-0.2, 0) is 0 Å². The van der Waals surface area contributed by atoms with Crippen LogP contribution in [0.3, 0.4) is 0 Å². The van der Waals surface area contributed by atoms with E-state index in [0.717, 1.165) is 61.2 Å². The molecule has 8 aromatic rings. The fourth-order valence-corrected chi connectivity index (χ4v) is 5.47. The second-order valence-corrected chi connectivity index (χ2v) is 9.75. The highest BCUT2D eigenvalue weighted by Crippen LogP contribution is 2.38. The average molecular weight is 515 g/mol. The summed E-state index contributed by atoms with van der Waals surface area (Å²) in [5.74, 6) is 1.44. The van der Waals surface area contributed by atoms with Crippen LogP contribution in [0.4, 0.5) is 0 Å². The largest absolute Gasteiger partial charge is 0.456 e. The highest BCUT2D eigenvalue weighted by molar-refractivity contribution is 6.12. The third-order valence-electron chi connectivity index (χ3n) is 7.33. The van der Waals surface area contributed by atoms with Gasteiger partial charge in [-0.15, -0.1) is 0 Å². The van der Waals surface area contributed by atoms with Gasteiger partial charge in [0.15, 0.2) is 5.82 Å². The van der Waals surface area contributed by atoms with Crippen molar-refractivity contribution in [2.45, 2.75) is 0 Å². The first-order valence-electron chi connectivity index (χ1n) is 13.2. The highest BCUT2D eigenvalue weighted by atomic mass is 16.3. The Morgan fingerprint density at radius 1 is 0.575 bits per heavy atom. The molecule has 0 saturated carbocycles. The lowest BCUT2D eigenvalue weighted by Crippen LogP contribution is -1.98. The Labute approximate surface area is 230 Å². The summed E-state index contributed by atoms with van der Waals surface area (Å²) in [5, 5.41) is 2.19. The topological polar surface area (TPSA) is 56.7 Å². The summed E-state index contributed by atoms with van der Waals surface area (Å²) in [6.07, 6.45) is 3.69. The molecule has 0 aliphatic heterocycles. The molecule has 0 aliphatic carbocycles. The molecule has 5 heteroatoms. The molecule has 0 radical (unpaired) electrons. The summed E-state index contributed by atoms with van der Waals surface area (Å²) in [6.45, 7) is 0. The SMILES string of the molecule is c1ccc(-c2cccc3oc4cc(-c5ncc(-c6nc7ccccc7n6-c6ccccc6)cn5)ccc4c23)cc1. The van der Waals surface area contributed by atoms with Crippen molar-refractivity contribution in [2.75, 3.05) is 0 Å². The summed E-state index contributed by atoms with van der Waals surface area (Å²) < 4.78 is 8.45. The van der Waals surface area contributed by atoms with Crippen LogP contribution in [0.1, 0.15) is 0 Å². The lowest BCUT2D eigenvalue weighted by Gasteiger charge is -2.09. The van der Waals surface area contributed by atoms with E-state index in [9.17, 15) is 0 Å². The molecular formula is C35H22N4O. The number of imidazole rings is 1. The van der Waals surface area contributed by atoms with Gasteiger partial charge in [-0.3, -0.25) is 4.57 Å². The van der Waals surface area contributed by atoms with E-state index in [1.54, 1.807) is 0 Å². The second-order valence-electron chi connectivity index (χ2n) is 9.75. The summed E-state index contributed by atoms with van der Waals surface area (Å²) in [4.78, 5) is 14.4. The molecule has 3 aromatic heterocycles. The number of para-hydroxylation sites is 3. The van der Waals surface area contributed by atoms with E-state index in [2.05, 4.69) is 65.2 Å². The van der Waals surface area contributed by atoms with Crippen LogP contribution in [0.2, 0.25) is 0 Å². The van der Waals surface area contributed by atoms with Crippen LogP contribution in [-0.4, -0.2) is 19.5 Å². The molecule has 0 spiro atoms. The van der Waals surface area contributed by atoms with E-state index in [1.165, 1.54) is 5.56 Å². The number of nitrogens with zero attached hydrogens (tertiary/aromatic N) is 4. The van der Waals surface area contributed by atoms with Gasteiger partial charge in [-0.25, -0.2) is 15.0 Å². The van der Waals surface area contributed by atoms with Gasteiger partial charge in [-0.2, -0.15) is 0 Å². The van der Waals surface area contributed by atoms with Crippen molar-refractivity contribution >= 4 is 33.0 Å². The molecule has 8 rings (SSSR count). The summed E-state index contributed by atoms with van der Waals surface area (Å²) >= 11 is 0. The standard InChI is InChI=1S/C35H22N4O/c1-3-10-23(11-4-1)27-14-9-17-31-33(27)28-19-18-24(20-32(28)40-31)34-36-21-25(22-37-34)35-38-29-15-7-8-16-30(29)39(35)26-12-5-2-6-13-26/h1-22H. The Bertz CT molecular complexity index is 2140. The Hall–Kier alpha value is -5.55. The molecule has 0 N–H and O–H groups in total. The lowest BCUT2D eigenvalue weighted by atomic mass is 9.99. The van der Waals surface area contributed by atoms with Crippen LogP contribution in [0.15, 0.2) is 138 Å². The minimum Gasteiger partial charge on any atom is -0.456 e. The van der Waals surface area contributed by atoms with E-state index >= 15 is 0 Å². The van der Waals surface area contributed by atoms with Gasteiger partial charge in [0.2, 0.25) is 0 Å². The number of furan rings is 1. The van der Waals surface area contributed by atoms with E-state index < -0.39 is 0 Å². The molecule has 0 bridgehead atoms. The Morgan fingerprint density at radius 2 is 1.32 bits per heavy atom. The quantitative estimate of drug-likeness (QED) is 0.236. The maximum absolute atomic E-state index is 6.30. The smallest absolute Gasteiger partial charge is 0.159 e. The molecule has 5 nitrogen and oxygen atoms in total. The van der Waals surface area contributed by atoms with E-state index in [-0.39, 0.29) is 0 Å². The first-order valence-corrected chi connectivity index (χ1v) is 13.2. The molecule has 0 amide bonds. The minimum atomic E-state index is 0.636. The fraction of sp³-hybridized carbons (Fsp3) is 0. The maximum Gasteiger partial charge on any atom is 0.159 e. The van der Waals surface area contributed by atoms with Gasteiger partial charge in [-0.1, -0.05) is 78.9 Å². The lowest BCUT2D eigenvalue weighted by molar-refractivity contribution is 0.669. The van der Waals surface area contributed by atoms with Crippen LogP contribution in [0.5, 0.6) is 0 Å². The number of aromatic nitrogens is 4. The average Bonchev–Trinajstić information content (AvgIpc) is 3.60. The molecule has 3 heterocycles. The third-order valence-corrected chi connectivity index (χ3v) is 7.33. The van der Waals surface area contributed by atoms with Crippen molar-refractivity contribution in [1.82, 2.24) is 19.5 Å². The van der Waals surface area contributed by atoms with E-state index in [1.807, 2.05) is 73.1 Å². The monoisotopic (exact) mass is 514 g/mol. The van der Waals surface area contributed by atoms with Gasteiger partial charge in [0, 0.05) is 34.4 Å². The van der Waals surface area contributed by atoms with Crippen LogP contribution in [0.25, 0.3) is 72.6 Å². The van der Waals surface area contributed by atoms with Gasteiger partial charge in [0.25, 0.3) is 0 Å². The number of rotatable bonds is 4.